The van der Waals surface area contributed by atoms with Gasteiger partial charge in [0.1, 0.15) is 17.4 Å². The Morgan fingerprint density at radius 1 is 1.47 bits per heavy atom. The van der Waals surface area contributed by atoms with Crippen LogP contribution in [-0.4, -0.2) is 24.7 Å². The number of fused-ring (bicyclic) bond motifs is 1. The fraction of sp³-hybridized carbons (Fsp3) is 0.364. The highest BCUT2D eigenvalue weighted by Gasteiger charge is 2.22. The molecule has 0 radical (unpaired) electrons. The van der Waals surface area contributed by atoms with E-state index in [2.05, 4.69) is 10.3 Å². The Hall–Kier alpha value is -1.17. The van der Waals surface area contributed by atoms with Gasteiger partial charge in [-0.05, 0) is 6.07 Å². The third-order valence-corrected chi connectivity index (χ3v) is 2.91. The van der Waals surface area contributed by atoms with Crippen molar-refractivity contribution in [3.63, 3.8) is 0 Å². The van der Waals surface area contributed by atoms with Gasteiger partial charge in [0.25, 0.3) is 0 Å². The molecule has 0 amide bonds. The van der Waals surface area contributed by atoms with E-state index >= 15 is 0 Å². The van der Waals surface area contributed by atoms with Gasteiger partial charge in [-0.25, -0.2) is 9.37 Å². The molecule has 4 nitrogen and oxygen atoms in total. The second-order valence-electron chi connectivity index (χ2n) is 3.85. The van der Waals surface area contributed by atoms with Crippen LogP contribution in [0.1, 0.15) is 12.0 Å². The van der Waals surface area contributed by atoms with Gasteiger partial charge in [0, 0.05) is 19.2 Å². The molecule has 0 bridgehead atoms. The summed E-state index contributed by atoms with van der Waals surface area (Å²) in [4.78, 5) is 4.20. The molecule has 1 aromatic heterocycles. The molecule has 1 aliphatic heterocycles. The maximum Gasteiger partial charge on any atom is 0.226 e. The number of aromatic nitrogens is 1. The molecule has 90 valence electrons. The van der Waals surface area contributed by atoms with Crippen molar-refractivity contribution in [3.05, 3.63) is 28.9 Å². The van der Waals surface area contributed by atoms with Crippen LogP contribution in [0.4, 0.5) is 4.39 Å². The highest BCUT2D eigenvalue weighted by molar-refractivity contribution is 6.34. The molecular weight excluding hydrogens is 247 g/mol. The number of ether oxygens (including phenoxy) is 1. The van der Waals surface area contributed by atoms with Crippen molar-refractivity contribution in [2.24, 2.45) is 0 Å². The molecule has 6 heteroatoms. The SMILES string of the molecule is Fc1cc(Cl)c2oc(C3CNCCO3)nc2c1. The maximum absolute atomic E-state index is 13.1. The van der Waals surface area contributed by atoms with E-state index < -0.39 is 5.82 Å². The van der Waals surface area contributed by atoms with Crippen molar-refractivity contribution >= 4 is 22.7 Å². The quantitative estimate of drug-likeness (QED) is 0.850. The number of nitrogens with zero attached hydrogens (tertiary/aromatic N) is 1. The van der Waals surface area contributed by atoms with Gasteiger partial charge >= 0.3 is 0 Å². The molecule has 2 aromatic rings. The topological polar surface area (TPSA) is 47.3 Å². The largest absolute Gasteiger partial charge is 0.436 e. The van der Waals surface area contributed by atoms with Gasteiger partial charge in [-0.1, -0.05) is 11.6 Å². The van der Waals surface area contributed by atoms with Gasteiger partial charge in [-0.2, -0.15) is 0 Å². The summed E-state index contributed by atoms with van der Waals surface area (Å²) in [6.07, 6.45) is -0.240. The van der Waals surface area contributed by atoms with E-state index in [9.17, 15) is 4.39 Å². The van der Waals surface area contributed by atoms with Gasteiger partial charge in [0.15, 0.2) is 5.58 Å². The molecule has 0 saturated carbocycles. The minimum atomic E-state index is -0.426. The predicted octanol–water partition coefficient (Wildman–Crippen LogP) is 2.28. The summed E-state index contributed by atoms with van der Waals surface area (Å²) in [7, 11) is 0. The third kappa shape index (κ3) is 2.01. The number of nitrogens with one attached hydrogen (secondary N) is 1. The molecule has 17 heavy (non-hydrogen) atoms. The zero-order valence-electron chi connectivity index (χ0n) is 8.87. The van der Waals surface area contributed by atoms with Crippen LogP contribution < -0.4 is 5.32 Å². The highest BCUT2D eigenvalue weighted by Crippen LogP contribution is 2.29. The van der Waals surface area contributed by atoms with Crippen LogP contribution in [0.5, 0.6) is 0 Å². The first-order valence-electron chi connectivity index (χ1n) is 5.32. The summed E-state index contributed by atoms with van der Waals surface area (Å²) in [5.74, 6) is 0.00439. The standard InChI is InChI=1S/C11H10ClFN2O2/c12-7-3-6(13)4-8-10(7)17-11(15-8)9-5-14-1-2-16-9/h3-4,9,14H,1-2,5H2. The summed E-state index contributed by atoms with van der Waals surface area (Å²) in [6, 6.07) is 2.50. The second-order valence-corrected chi connectivity index (χ2v) is 4.26. The minimum Gasteiger partial charge on any atom is -0.436 e. The molecule has 0 aliphatic carbocycles. The van der Waals surface area contributed by atoms with Gasteiger partial charge < -0.3 is 14.5 Å². The Kier molecular flexibility index (Phi) is 2.74. The van der Waals surface area contributed by atoms with E-state index in [-0.39, 0.29) is 11.1 Å². The number of hydrogen-bond donors (Lipinski definition) is 1. The molecule has 0 spiro atoms. The smallest absolute Gasteiger partial charge is 0.226 e. The van der Waals surface area contributed by atoms with Crippen LogP contribution >= 0.6 is 11.6 Å². The molecule has 2 heterocycles. The Balaban J connectivity index is 2.03. The summed E-state index contributed by atoms with van der Waals surface area (Å²) >= 11 is 5.88. The van der Waals surface area contributed by atoms with Crippen LogP contribution in [0.15, 0.2) is 16.5 Å². The predicted molar refractivity (Wildman–Crippen MR) is 60.5 cm³/mol. The zero-order chi connectivity index (χ0) is 11.8. The van der Waals surface area contributed by atoms with Crippen molar-refractivity contribution in [2.45, 2.75) is 6.10 Å². The average Bonchev–Trinajstić information content (AvgIpc) is 2.74. The van der Waals surface area contributed by atoms with E-state index in [1.54, 1.807) is 0 Å². The Bertz CT molecular complexity index is 552. The number of halogens is 2. The first-order valence-corrected chi connectivity index (χ1v) is 5.69. The molecule has 1 atom stereocenters. The van der Waals surface area contributed by atoms with Crippen molar-refractivity contribution in [2.75, 3.05) is 19.7 Å². The van der Waals surface area contributed by atoms with Crippen LogP contribution in [-0.2, 0) is 4.74 Å². The van der Waals surface area contributed by atoms with E-state index in [4.69, 9.17) is 20.8 Å². The first-order chi connectivity index (χ1) is 8.24. The molecule has 1 N–H and O–H groups in total. The number of oxazole rings is 1. The lowest BCUT2D eigenvalue weighted by Crippen LogP contribution is -2.33. The molecule has 1 aliphatic rings. The molecular formula is C11H10ClFN2O2. The third-order valence-electron chi connectivity index (χ3n) is 2.63. The highest BCUT2D eigenvalue weighted by atomic mass is 35.5. The Morgan fingerprint density at radius 3 is 3.12 bits per heavy atom. The minimum absolute atomic E-state index is 0.225. The fourth-order valence-electron chi connectivity index (χ4n) is 1.84. The maximum atomic E-state index is 13.1. The van der Waals surface area contributed by atoms with Gasteiger partial charge in [0.2, 0.25) is 5.89 Å². The van der Waals surface area contributed by atoms with E-state index in [1.807, 2.05) is 0 Å². The lowest BCUT2D eigenvalue weighted by molar-refractivity contribution is 0.0118. The Labute approximate surface area is 102 Å². The number of benzene rings is 1. The van der Waals surface area contributed by atoms with Crippen LogP contribution in [0.2, 0.25) is 5.02 Å². The van der Waals surface area contributed by atoms with Crippen LogP contribution in [0.3, 0.4) is 0 Å². The van der Waals surface area contributed by atoms with Crippen LogP contribution in [0.25, 0.3) is 11.1 Å². The van der Waals surface area contributed by atoms with E-state index in [1.165, 1.54) is 12.1 Å². The summed E-state index contributed by atoms with van der Waals surface area (Å²) in [6.45, 7) is 2.05. The lowest BCUT2D eigenvalue weighted by Gasteiger charge is -2.20. The second kappa shape index (κ2) is 4.25. The van der Waals surface area contributed by atoms with Crippen molar-refractivity contribution in [1.29, 1.82) is 0 Å². The van der Waals surface area contributed by atoms with Crippen molar-refractivity contribution in [1.82, 2.24) is 10.3 Å². The van der Waals surface area contributed by atoms with E-state index in [0.29, 0.717) is 30.1 Å². The van der Waals surface area contributed by atoms with Crippen LogP contribution in [0, 0.1) is 5.82 Å². The van der Waals surface area contributed by atoms with Crippen molar-refractivity contribution in [3.8, 4) is 0 Å². The number of rotatable bonds is 1. The van der Waals surface area contributed by atoms with Gasteiger partial charge in [-0.15, -0.1) is 0 Å². The lowest BCUT2D eigenvalue weighted by atomic mass is 10.3. The summed E-state index contributed by atoms with van der Waals surface area (Å²) < 4.78 is 24.2. The first kappa shape index (κ1) is 11.0. The fourth-order valence-corrected chi connectivity index (χ4v) is 2.08. The molecule has 1 fully saturated rings. The molecule has 1 unspecified atom stereocenters. The molecule has 1 aromatic carbocycles. The average molecular weight is 257 g/mol. The summed E-state index contributed by atoms with van der Waals surface area (Å²) in [5.41, 5.74) is 0.816. The van der Waals surface area contributed by atoms with Gasteiger partial charge in [-0.3, -0.25) is 0 Å². The van der Waals surface area contributed by atoms with Crippen molar-refractivity contribution < 1.29 is 13.5 Å². The van der Waals surface area contributed by atoms with Gasteiger partial charge in [0.05, 0.1) is 11.6 Å². The normalized spacial score (nSPS) is 20.9. The number of hydrogen-bond acceptors (Lipinski definition) is 4. The number of morpholine rings is 1. The zero-order valence-corrected chi connectivity index (χ0v) is 9.63. The monoisotopic (exact) mass is 256 g/mol. The molecule has 3 rings (SSSR count). The van der Waals surface area contributed by atoms with E-state index in [0.717, 1.165) is 6.54 Å². The summed E-state index contributed by atoms with van der Waals surface area (Å²) in [5, 5.41) is 3.40. The molecule has 1 saturated heterocycles. The Morgan fingerprint density at radius 2 is 2.35 bits per heavy atom.